The summed E-state index contributed by atoms with van der Waals surface area (Å²) >= 11 is 0. The van der Waals surface area contributed by atoms with E-state index in [1.807, 2.05) is 4.72 Å². The van der Waals surface area contributed by atoms with Crippen molar-refractivity contribution in [2.45, 2.75) is 13.0 Å². The monoisotopic (exact) mass is 568 g/mol. The fraction of sp³-hybridized carbons (Fsp3) is 0.0741. The van der Waals surface area contributed by atoms with Gasteiger partial charge in [0.15, 0.2) is 11.5 Å². The average molecular weight is 569 g/mol. The van der Waals surface area contributed by atoms with Gasteiger partial charge < -0.3 is 10.6 Å². The molecule has 0 bridgehead atoms. The Bertz CT molecular complexity index is 2150. The number of nitrogens with zero attached hydrogens (tertiary/aromatic N) is 4. The van der Waals surface area contributed by atoms with E-state index in [-0.39, 0.29) is 33.7 Å². The Balaban J connectivity index is 1.57. The molecule has 0 spiro atoms. The standard InChI is InChI=1S/C27H20N8O5S/c1-3-15-10-11-17-19-18(15)27(38)35(16-8-5-4-6-9-16)22(20(19)25(36)31-17)14(2)30-26(37)21-23(33-41(28,39)40)32-34-13-7-12-29-24(21)34/h1,4-14H,2H3,(H,30,37)(H,31,36)(H,32,33)(H2,28,39,40). The molecule has 204 valence electrons. The van der Waals surface area contributed by atoms with Gasteiger partial charge in [-0.05, 0) is 37.3 Å². The molecule has 2 amide bonds. The van der Waals surface area contributed by atoms with Gasteiger partial charge in [0, 0.05) is 29.0 Å². The number of fused-ring (bicyclic) bond motifs is 1. The molecular formula is C27H20N8O5S. The Kier molecular flexibility index (Phi) is 5.84. The van der Waals surface area contributed by atoms with Gasteiger partial charge in [-0.15, -0.1) is 11.5 Å². The third-order valence-electron chi connectivity index (χ3n) is 6.63. The molecule has 13 nitrogen and oxygen atoms in total. The topological polar surface area (TPSA) is 183 Å². The smallest absolute Gasteiger partial charge is 0.297 e. The van der Waals surface area contributed by atoms with E-state index in [2.05, 4.69) is 26.6 Å². The number of carbonyl (C=O) groups excluding carboxylic acids is 2. The van der Waals surface area contributed by atoms with Crippen LogP contribution in [-0.2, 0) is 10.2 Å². The molecule has 1 aliphatic rings. The number of anilines is 2. The molecule has 1 aliphatic heterocycles. The van der Waals surface area contributed by atoms with Crippen LogP contribution in [0.1, 0.15) is 44.9 Å². The predicted molar refractivity (Wildman–Crippen MR) is 151 cm³/mol. The van der Waals surface area contributed by atoms with E-state index >= 15 is 0 Å². The van der Waals surface area contributed by atoms with Crippen molar-refractivity contribution >= 4 is 49.9 Å². The van der Waals surface area contributed by atoms with Crippen molar-refractivity contribution in [1.29, 1.82) is 0 Å². The van der Waals surface area contributed by atoms with E-state index in [1.54, 1.807) is 55.5 Å². The minimum atomic E-state index is -4.30. The van der Waals surface area contributed by atoms with Gasteiger partial charge in [0.1, 0.15) is 5.56 Å². The van der Waals surface area contributed by atoms with Crippen LogP contribution in [0.3, 0.4) is 0 Å². The minimum Gasteiger partial charge on any atom is -0.344 e. The lowest BCUT2D eigenvalue weighted by atomic mass is 9.97. The van der Waals surface area contributed by atoms with Crippen molar-refractivity contribution in [3.63, 3.8) is 0 Å². The number of nitrogens with two attached hydrogens (primary N) is 1. The zero-order valence-corrected chi connectivity index (χ0v) is 22.1. The second-order valence-electron chi connectivity index (χ2n) is 9.20. The number of para-hydroxylation sites is 1. The van der Waals surface area contributed by atoms with Crippen molar-refractivity contribution < 1.29 is 18.0 Å². The van der Waals surface area contributed by atoms with Crippen LogP contribution in [0.25, 0.3) is 22.1 Å². The summed E-state index contributed by atoms with van der Waals surface area (Å²) in [5.41, 5.74) is 0.892. The van der Waals surface area contributed by atoms with Crippen molar-refractivity contribution in [3.05, 3.63) is 93.7 Å². The number of hydrogen-bond donors (Lipinski definition) is 4. The molecule has 0 radical (unpaired) electrons. The Hall–Kier alpha value is -5.52. The van der Waals surface area contributed by atoms with Crippen LogP contribution < -0.4 is 26.1 Å². The van der Waals surface area contributed by atoms with Crippen LogP contribution in [0.15, 0.2) is 65.7 Å². The third kappa shape index (κ3) is 4.16. The molecule has 0 aliphatic carbocycles. The normalized spacial score (nSPS) is 13.1. The maximum absolute atomic E-state index is 14.1. The number of carbonyl (C=O) groups is 2. The summed E-state index contributed by atoms with van der Waals surface area (Å²) in [7, 11) is -4.30. The second-order valence-corrected chi connectivity index (χ2v) is 10.5. The summed E-state index contributed by atoms with van der Waals surface area (Å²) in [4.78, 5) is 45.3. The predicted octanol–water partition coefficient (Wildman–Crippen LogP) is 1.69. The molecular weight excluding hydrogens is 548 g/mol. The zero-order valence-electron chi connectivity index (χ0n) is 21.2. The number of terminal acetylenes is 1. The number of aromatic nitrogens is 4. The lowest BCUT2D eigenvalue weighted by Crippen LogP contribution is -2.34. The highest BCUT2D eigenvalue weighted by Crippen LogP contribution is 2.38. The number of hydrogen-bond acceptors (Lipinski definition) is 7. The number of amides is 2. The van der Waals surface area contributed by atoms with Crippen LogP contribution in [-0.4, -0.2) is 39.4 Å². The quantitative estimate of drug-likeness (QED) is 0.225. The van der Waals surface area contributed by atoms with E-state index in [1.165, 1.54) is 21.5 Å². The van der Waals surface area contributed by atoms with Gasteiger partial charge in [0.2, 0.25) is 0 Å². The first-order chi connectivity index (χ1) is 19.6. The molecule has 0 fully saturated rings. The fourth-order valence-corrected chi connectivity index (χ4v) is 5.48. The minimum absolute atomic E-state index is 0.0468. The maximum atomic E-state index is 14.1. The molecule has 6 rings (SSSR count). The van der Waals surface area contributed by atoms with Gasteiger partial charge >= 0.3 is 0 Å². The molecule has 1 unspecified atom stereocenters. The van der Waals surface area contributed by atoms with Crippen molar-refractivity contribution in [1.82, 2.24) is 24.5 Å². The first kappa shape index (κ1) is 25.7. The Morgan fingerprint density at radius 2 is 1.88 bits per heavy atom. The summed E-state index contributed by atoms with van der Waals surface area (Å²) in [6, 6.07) is 12.4. The number of benzene rings is 2. The van der Waals surface area contributed by atoms with E-state index in [4.69, 9.17) is 11.6 Å². The molecule has 0 saturated heterocycles. The zero-order chi connectivity index (χ0) is 29.1. The van der Waals surface area contributed by atoms with Crippen molar-refractivity contribution in [2.75, 3.05) is 10.0 Å². The molecule has 2 aromatic carbocycles. The van der Waals surface area contributed by atoms with Crippen LogP contribution in [0.2, 0.25) is 0 Å². The molecule has 5 aromatic rings. The van der Waals surface area contributed by atoms with Gasteiger partial charge in [-0.25, -0.2) is 14.6 Å². The number of nitrogens with one attached hydrogen (secondary N) is 3. The van der Waals surface area contributed by atoms with E-state index in [0.717, 1.165) is 0 Å². The third-order valence-corrected chi connectivity index (χ3v) is 7.11. The van der Waals surface area contributed by atoms with Crippen LogP contribution in [0.5, 0.6) is 0 Å². The van der Waals surface area contributed by atoms with Gasteiger partial charge in [-0.3, -0.25) is 23.7 Å². The molecule has 41 heavy (non-hydrogen) atoms. The maximum Gasteiger partial charge on any atom is 0.297 e. The lowest BCUT2D eigenvalue weighted by molar-refractivity contribution is 0.0937. The average Bonchev–Trinajstić information content (AvgIpc) is 3.46. The summed E-state index contributed by atoms with van der Waals surface area (Å²) < 4.78 is 28.2. The molecule has 3 aromatic heterocycles. The Morgan fingerprint density at radius 1 is 1.12 bits per heavy atom. The first-order valence-electron chi connectivity index (χ1n) is 12.1. The van der Waals surface area contributed by atoms with E-state index in [9.17, 15) is 22.8 Å². The Morgan fingerprint density at radius 3 is 2.59 bits per heavy atom. The van der Waals surface area contributed by atoms with Gasteiger partial charge in [0.25, 0.3) is 27.6 Å². The van der Waals surface area contributed by atoms with Gasteiger partial charge in [-0.1, -0.05) is 24.1 Å². The van der Waals surface area contributed by atoms with Gasteiger partial charge in [-0.2, -0.15) is 8.42 Å². The van der Waals surface area contributed by atoms with Crippen molar-refractivity contribution in [3.8, 4) is 18.0 Å². The summed E-state index contributed by atoms with van der Waals surface area (Å²) in [5.74, 6) is 0.912. The summed E-state index contributed by atoms with van der Waals surface area (Å²) in [6.07, 6.45) is 8.60. The van der Waals surface area contributed by atoms with E-state index < -0.39 is 33.6 Å². The highest BCUT2D eigenvalue weighted by atomic mass is 32.2. The molecule has 0 saturated carbocycles. The first-order valence-corrected chi connectivity index (χ1v) is 13.7. The van der Waals surface area contributed by atoms with Crippen LogP contribution in [0.4, 0.5) is 11.5 Å². The number of pyridine rings is 1. The van der Waals surface area contributed by atoms with Crippen molar-refractivity contribution in [2.24, 2.45) is 5.14 Å². The second kappa shape index (κ2) is 9.30. The largest absolute Gasteiger partial charge is 0.344 e. The van der Waals surface area contributed by atoms with Crippen LogP contribution in [0, 0.1) is 12.3 Å². The molecule has 1 atom stereocenters. The molecule has 4 heterocycles. The summed E-state index contributed by atoms with van der Waals surface area (Å²) in [6.45, 7) is 1.59. The Labute approximate surface area is 232 Å². The number of rotatable bonds is 6. The van der Waals surface area contributed by atoms with Crippen LogP contribution >= 0.6 is 0 Å². The highest BCUT2D eigenvalue weighted by Gasteiger charge is 2.34. The fourth-order valence-electron chi connectivity index (χ4n) is 5.07. The molecule has 14 heteroatoms. The summed E-state index contributed by atoms with van der Waals surface area (Å²) in [5, 5.41) is 15.3. The highest BCUT2D eigenvalue weighted by molar-refractivity contribution is 7.90. The van der Waals surface area contributed by atoms with Gasteiger partial charge in [0.05, 0.1) is 28.4 Å². The SMILES string of the molecule is C#Cc1ccc2c3c(c(C(C)NC(=O)c4c(NS(N)(=O)=O)nn5cccnc45)n(-c4ccccc4)c(=O)c13)C(=O)N2. The lowest BCUT2D eigenvalue weighted by Gasteiger charge is -2.23. The van der Waals surface area contributed by atoms with E-state index in [0.29, 0.717) is 22.3 Å². The molecule has 5 N–H and O–H groups in total.